The molecule has 0 saturated carbocycles. The van der Waals surface area contributed by atoms with Crippen molar-refractivity contribution in [1.82, 2.24) is 10.3 Å². The van der Waals surface area contributed by atoms with Crippen LogP contribution in [0, 0.1) is 0 Å². The molecule has 0 aliphatic heterocycles. The molecule has 0 aromatic carbocycles. The summed E-state index contributed by atoms with van der Waals surface area (Å²) in [6, 6.07) is 0.477. The second kappa shape index (κ2) is 8.69. The van der Waals surface area contributed by atoms with Gasteiger partial charge in [-0.15, -0.1) is 23.7 Å². The molecule has 6 heteroatoms. The molecule has 1 heterocycles. The number of rotatable bonds is 7. The van der Waals surface area contributed by atoms with Gasteiger partial charge < -0.3 is 15.0 Å². The van der Waals surface area contributed by atoms with Crippen molar-refractivity contribution < 1.29 is 4.74 Å². The summed E-state index contributed by atoms with van der Waals surface area (Å²) in [5, 5.41) is 4.51. The van der Waals surface area contributed by atoms with Crippen LogP contribution in [0.1, 0.15) is 18.2 Å². The third kappa shape index (κ3) is 6.21. The Morgan fingerprint density at radius 3 is 2.76 bits per heavy atom. The maximum absolute atomic E-state index is 5.04. The first-order chi connectivity index (χ1) is 7.63. The Morgan fingerprint density at radius 2 is 2.24 bits per heavy atom. The maximum Gasteiger partial charge on any atom is 0.185 e. The first kappa shape index (κ1) is 16.6. The molecule has 0 fully saturated rings. The number of hydrogen-bond acceptors (Lipinski definition) is 5. The lowest BCUT2D eigenvalue weighted by Crippen LogP contribution is -2.26. The zero-order valence-electron chi connectivity index (χ0n) is 10.9. The lowest BCUT2D eigenvalue weighted by atomic mass is 10.2. The van der Waals surface area contributed by atoms with Gasteiger partial charge in [-0.3, -0.25) is 0 Å². The van der Waals surface area contributed by atoms with Gasteiger partial charge in [-0.1, -0.05) is 0 Å². The van der Waals surface area contributed by atoms with Crippen molar-refractivity contribution in [2.75, 3.05) is 32.7 Å². The Balaban J connectivity index is 0.00000256. The Hall–Kier alpha value is -0.360. The number of thiazole rings is 1. The molecule has 1 N–H and O–H groups in total. The van der Waals surface area contributed by atoms with Gasteiger partial charge in [0.15, 0.2) is 5.13 Å². The summed E-state index contributed by atoms with van der Waals surface area (Å²) < 4.78 is 5.04. The number of hydrogen-bond donors (Lipinski definition) is 1. The van der Waals surface area contributed by atoms with Crippen LogP contribution in [-0.2, 0) is 11.3 Å². The fourth-order valence-corrected chi connectivity index (χ4v) is 2.04. The summed E-state index contributed by atoms with van der Waals surface area (Å²) in [6.07, 6.45) is 2.98. The summed E-state index contributed by atoms with van der Waals surface area (Å²) in [4.78, 5) is 7.64. The number of halogens is 1. The summed E-state index contributed by atoms with van der Waals surface area (Å²) in [5.74, 6) is 0. The van der Waals surface area contributed by atoms with E-state index in [-0.39, 0.29) is 12.4 Å². The van der Waals surface area contributed by atoms with E-state index in [1.165, 1.54) is 4.88 Å². The normalized spacial score (nSPS) is 12.0. The summed E-state index contributed by atoms with van der Waals surface area (Å²) >= 11 is 1.73. The zero-order valence-corrected chi connectivity index (χ0v) is 12.5. The predicted octanol–water partition coefficient (Wildman–Crippen LogP) is 2.15. The average molecular weight is 280 g/mol. The highest BCUT2D eigenvalue weighted by Crippen LogP contribution is 2.20. The molecule has 1 aromatic rings. The number of aromatic nitrogens is 1. The molecule has 0 radical (unpaired) electrons. The molecule has 0 spiro atoms. The van der Waals surface area contributed by atoms with Crippen molar-refractivity contribution >= 4 is 28.9 Å². The minimum atomic E-state index is 0. The largest absolute Gasteiger partial charge is 0.385 e. The van der Waals surface area contributed by atoms with E-state index in [2.05, 4.69) is 17.2 Å². The molecule has 0 aliphatic rings. The van der Waals surface area contributed by atoms with Gasteiger partial charge in [0.05, 0.1) is 0 Å². The average Bonchev–Trinajstić information content (AvgIpc) is 2.72. The lowest BCUT2D eigenvalue weighted by molar-refractivity contribution is 0.185. The van der Waals surface area contributed by atoms with E-state index in [0.717, 1.165) is 24.7 Å². The minimum Gasteiger partial charge on any atom is -0.385 e. The van der Waals surface area contributed by atoms with E-state index < -0.39 is 0 Å². The zero-order chi connectivity index (χ0) is 12.0. The topological polar surface area (TPSA) is 37.4 Å². The summed E-state index contributed by atoms with van der Waals surface area (Å²) in [5.41, 5.74) is 0. The van der Waals surface area contributed by atoms with Crippen LogP contribution in [0.2, 0.25) is 0 Å². The van der Waals surface area contributed by atoms with Crippen molar-refractivity contribution in [2.45, 2.75) is 25.9 Å². The minimum absolute atomic E-state index is 0. The Bertz CT molecular complexity index is 307. The highest BCUT2D eigenvalue weighted by molar-refractivity contribution is 7.15. The molecule has 0 bridgehead atoms. The number of anilines is 1. The molecule has 1 rings (SSSR count). The first-order valence-corrected chi connectivity index (χ1v) is 6.29. The van der Waals surface area contributed by atoms with Crippen LogP contribution in [0.5, 0.6) is 0 Å². The van der Waals surface area contributed by atoms with E-state index in [1.807, 2.05) is 25.2 Å². The Kier molecular flexibility index (Phi) is 8.51. The molecule has 17 heavy (non-hydrogen) atoms. The second-order valence-electron chi connectivity index (χ2n) is 4.07. The number of methoxy groups -OCH3 is 1. The monoisotopic (exact) mass is 279 g/mol. The van der Waals surface area contributed by atoms with Crippen LogP contribution < -0.4 is 10.2 Å². The van der Waals surface area contributed by atoms with Gasteiger partial charge in [-0.05, 0) is 13.3 Å². The fraction of sp³-hybridized carbons (Fsp3) is 0.727. The van der Waals surface area contributed by atoms with Gasteiger partial charge in [0, 0.05) is 51.5 Å². The number of nitrogens with zero attached hydrogens (tertiary/aromatic N) is 2. The van der Waals surface area contributed by atoms with E-state index >= 15 is 0 Å². The maximum atomic E-state index is 5.04. The smallest absolute Gasteiger partial charge is 0.185 e. The fourth-order valence-electron chi connectivity index (χ4n) is 1.26. The summed E-state index contributed by atoms with van der Waals surface area (Å²) in [7, 11) is 5.76. The molecule has 4 nitrogen and oxygen atoms in total. The van der Waals surface area contributed by atoms with Crippen molar-refractivity contribution in [3.8, 4) is 0 Å². The standard InChI is InChI=1S/C11H21N3OS.ClH/c1-9(5-6-15-4)12-7-10-8-13-11(16-10)14(2)3;/h8-9,12H,5-7H2,1-4H3;1H. The molecule has 1 aromatic heterocycles. The van der Waals surface area contributed by atoms with Crippen molar-refractivity contribution in [1.29, 1.82) is 0 Å². The van der Waals surface area contributed by atoms with E-state index in [4.69, 9.17) is 4.74 Å². The van der Waals surface area contributed by atoms with Crippen molar-refractivity contribution in [3.05, 3.63) is 11.1 Å². The third-order valence-electron chi connectivity index (χ3n) is 2.30. The third-order valence-corrected chi connectivity index (χ3v) is 3.47. The Labute approximate surface area is 114 Å². The van der Waals surface area contributed by atoms with Gasteiger partial charge in [-0.25, -0.2) is 4.98 Å². The molecule has 100 valence electrons. The second-order valence-corrected chi connectivity index (χ2v) is 5.16. The van der Waals surface area contributed by atoms with Crippen LogP contribution in [0.25, 0.3) is 0 Å². The molecule has 1 atom stereocenters. The lowest BCUT2D eigenvalue weighted by Gasteiger charge is -2.11. The van der Waals surface area contributed by atoms with Crippen LogP contribution in [0.15, 0.2) is 6.20 Å². The van der Waals surface area contributed by atoms with E-state index in [0.29, 0.717) is 6.04 Å². The van der Waals surface area contributed by atoms with E-state index in [1.54, 1.807) is 18.4 Å². The van der Waals surface area contributed by atoms with Gasteiger partial charge in [0.25, 0.3) is 0 Å². The molecule has 0 saturated heterocycles. The van der Waals surface area contributed by atoms with Crippen molar-refractivity contribution in [3.63, 3.8) is 0 Å². The Morgan fingerprint density at radius 1 is 1.53 bits per heavy atom. The predicted molar refractivity (Wildman–Crippen MR) is 76.5 cm³/mol. The summed E-state index contributed by atoms with van der Waals surface area (Å²) in [6.45, 7) is 3.86. The van der Waals surface area contributed by atoms with Crippen LogP contribution in [0.4, 0.5) is 5.13 Å². The van der Waals surface area contributed by atoms with Crippen molar-refractivity contribution in [2.24, 2.45) is 0 Å². The molecular formula is C11H22ClN3OS. The van der Waals surface area contributed by atoms with Gasteiger partial charge >= 0.3 is 0 Å². The quantitative estimate of drug-likeness (QED) is 0.830. The van der Waals surface area contributed by atoms with Crippen LogP contribution >= 0.6 is 23.7 Å². The SMILES string of the molecule is COCCC(C)NCc1cnc(N(C)C)s1.Cl. The van der Waals surface area contributed by atoms with Gasteiger partial charge in [-0.2, -0.15) is 0 Å². The molecule has 1 unspecified atom stereocenters. The molecular weight excluding hydrogens is 258 g/mol. The highest BCUT2D eigenvalue weighted by atomic mass is 35.5. The molecule has 0 aliphatic carbocycles. The highest BCUT2D eigenvalue weighted by Gasteiger charge is 2.05. The van der Waals surface area contributed by atoms with E-state index in [9.17, 15) is 0 Å². The van der Waals surface area contributed by atoms with Gasteiger partial charge in [0.1, 0.15) is 0 Å². The van der Waals surface area contributed by atoms with Crippen LogP contribution in [-0.4, -0.2) is 38.8 Å². The van der Waals surface area contributed by atoms with Gasteiger partial charge in [0.2, 0.25) is 0 Å². The number of ether oxygens (including phenoxy) is 1. The number of nitrogens with one attached hydrogen (secondary N) is 1. The van der Waals surface area contributed by atoms with Crippen LogP contribution in [0.3, 0.4) is 0 Å². The molecule has 0 amide bonds. The first-order valence-electron chi connectivity index (χ1n) is 5.48.